The maximum atomic E-state index is 12.7. The molecule has 0 radical (unpaired) electrons. The zero-order valence-corrected chi connectivity index (χ0v) is 20.5. The first kappa shape index (κ1) is 24.6. The maximum Gasteiger partial charge on any atom is 0.257 e. The summed E-state index contributed by atoms with van der Waals surface area (Å²) >= 11 is 5.32. The molecule has 0 aliphatic heterocycles. The van der Waals surface area contributed by atoms with Crippen LogP contribution in [-0.2, 0) is 6.61 Å². The van der Waals surface area contributed by atoms with Gasteiger partial charge in [-0.2, -0.15) is 0 Å². The highest BCUT2D eigenvalue weighted by Gasteiger charge is 2.11. The molecule has 7 heteroatoms. The second kappa shape index (κ2) is 11.8. The molecule has 0 aliphatic carbocycles. The monoisotopic (exact) mass is 495 g/mol. The minimum Gasteiger partial charge on any atom is -0.489 e. The maximum absolute atomic E-state index is 12.7. The molecule has 4 rings (SSSR count). The Balaban J connectivity index is 1.33. The molecule has 36 heavy (non-hydrogen) atoms. The standard InChI is InChI=1S/C29H25N3O3S/c1-20-9-5-6-16-26(20)28(34)30-23-13-8-14-24(18-23)31-29(36)32-27(33)22-12-7-15-25(17-22)35-19-21-10-3-2-4-11-21/h2-18H,19H2,1H3,(H,30,34)(H2,31,32,33,36). The van der Waals surface area contributed by atoms with Gasteiger partial charge in [-0.1, -0.05) is 60.7 Å². The van der Waals surface area contributed by atoms with Crippen LogP contribution in [0.2, 0.25) is 0 Å². The zero-order valence-electron chi connectivity index (χ0n) is 19.7. The molecule has 0 atom stereocenters. The highest BCUT2D eigenvalue weighted by molar-refractivity contribution is 7.80. The summed E-state index contributed by atoms with van der Waals surface area (Å²) in [6.45, 7) is 2.29. The van der Waals surface area contributed by atoms with Gasteiger partial charge < -0.3 is 15.4 Å². The van der Waals surface area contributed by atoms with Crippen LogP contribution in [0.5, 0.6) is 5.75 Å². The van der Waals surface area contributed by atoms with E-state index in [1.807, 2.05) is 55.5 Å². The van der Waals surface area contributed by atoms with Crippen LogP contribution in [0.15, 0.2) is 103 Å². The Morgan fingerprint density at radius 1 is 0.750 bits per heavy atom. The van der Waals surface area contributed by atoms with Crippen molar-refractivity contribution < 1.29 is 14.3 Å². The first-order chi connectivity index (χ1) is 17.5. The van der Waals surface area contributed by atoms with Gasteiger partial charge in [0, 0.05) is 22.5 Å². The van der Waals surface area contributed by atoms with Gasteiger partial charge in [-0.25, -0.2) is 0 Å². The summed E-state index contributed by atoms with van der Waals surface area (Å²) in [4.78, 5) is 25.3. The van der Waals surface area contributed by atoms with Crippen LogP contribution in [-0.4, -0.2) is 16.9 Å². The van der Waals surface area contributed by atoms with Crippen molar-refractivity contribution in [2.24, 2.45) is 0 Å². The highest BCUT2D eigenvalue weighted by atomic mass is 32.1. The summed E-state index contributed by atoms with van der Waals surface area (Å²) in [6, 6.07) is 31.2. The van der Waals surface area contributed by atoms with Crippen molar-refractivity contribution >= 4 is 40.5 Å². The van der Waals surface area contributed by atoms with Gasteiger partial charge in [-0.15, -0.1) is 0 Å². The number of thiocarbonyl (C=S) groups is 1. The first-order valence-corrected chi connectivity index (χ1v) is 11.7. The summed E-state index contributed by atoms with van der Waals surface area (Å²) in [5.74, 6) is 0.0274. The Morgan fingerprint density at radius 3 is 2.22 bits per heavy atom. The number of ether oxygens (including phenoxy) is 1. The van der Waals surface area contributed by atoms with Crippen molar-refractivity contribution in [3.63, 3.8) is 0 Å². The van der Waals surface area contributed by atoms with E-state index < -0.39 is 0 Å². The largest absolute Gasteiger partial charge is 0.489 e. The normalized spacial score (nSPS) is 10.2. The molecule has 0 spiro atoms. The van der Waals surface area contributed by atoms with Crippen molar-refractivity contribution in [3.8, 4) is 5.75 Å². The molecular formula is C29H25N3O3S. The number of carbonyl (C=O) groups is 2. The van der Waals surface area contributed by atoms with E-state index in [-0.39, 0.29) is 16.9 Å². The molecule has 4 aromatic carbocycles. The SMILES string of the molecule is Cc1ccccc1C(=O)Nc1cccc(NC(=S)NC(=O)c2cccc(OCc3ccccc3)c2)c1. The summed E-state index contributed by atoms with van der Waals surface area (Å²) in [5.41, 5.74) is 4.18. The van der Waals surface area contributed by atoms with E-state index in [1.54, 1.807) is 54.6 Å². The van der Waals surface area contributed by atoms with E-state index in [4.69, 9.17) is 17.0 Å². The first-order valence-electron chi connectivity index (χ1n) is 11.3. The number of rotatable bonds is 7. The predicted molar refractivity (Wildman–Crippen MR) is 146 cm³/mol. The Morgan fingerprint density at radius 2 is 1.44 bits per heavy atom. The van der Waals surface area contributed by atoms with Gasteiger partial charge in [0.2, 0.25) is 0 Å². The Labute approximate surface area is 215 Å². The van der Waals surface area contributed by atoms with Gasteiger partial charge in [0.15, 0.2) is 5.11 Å². The number of amides is 2. The van der Waals surface area contributed by atoms with E-state index in [0.29, 0.717) is 34.9 Å². The molecule has 0 aliphatic rings. The third-order valence-electron chi connectivity index (χ3n) is 5.34. The lowest BCUT2D eigenvalue weighted by atomic mass is 10.1. The minimum absolute atomic E-state index is 0.137. The molecule has 0 aromatic heterocycles. The number of hydrogen-bond acceptors (Lipinski definition) is 4. The minimum atomic E-state index is -0.360. The average molecular weight is 496 g/mol. The van der Waals surface area contributed by atoms with Gasteiger partial charge in [-0.05, 0) is 72.7 Å². The smallest absolute Gasteiger partial charge is 0.257 e. The molecule has 0 saturated carbocycles. The van der Waals surface area contributed by atoms with Gasteiger partial charge in [0.1, 0.15) is 12.4 Å². The quantitative estimate of drug-likeness (QED) is 0.276. The molecule has 6 nitrogen and oxygen atoms in total. The Bertz CT molecular complexity index is 1390. The molecule has 3 N–H and O–H groups in total. The van der Waals surface area contributed by atoms with Crippen LogP contribution >= 0.6 is 12.2 Å². The number of anilines is 2. The summed E-state index contributed by atoms with van der Waals surface area (Å²) in [7, 11) is 0. The zero-order chi connectivity index (χ0) is 25.3. The molecule has 0 heterocycles. The van der Waals surface area contributed by atoms with Crippen LogP contribution in [0.1, 0.15) is 31.8 Å². The van der Waals surface area contributed by atoms with Crippen LogP contribution in [0, 0.1) is 6.92 Å². The van der Waals surface area contributed by atoms with Crippen molar-refractivity contribution in [2.45, 2.75) is 13.5 Å². The molecule has 2 amide bonds. The lowest BCUT2D eigenvalue weighted by Gasteiger charge is -2.12. The van der Waals surface area contributed by atoms with Crippen LogP contribution in [0.4, 0.5) is 11.4 Å². The number of aryl methyl sites for hydroxylation is 1. The topological polar surface area (TPSA) is 79.5 Å². The lowest BCUT2D eigenvalue weighted by molar-refractivity contribution is 0.0976. The second-order valence-electron chi connectivity index (χ2n) is 8.06. The van der Waals surface area contributed by atoms with Crippen molar-refractivity contribution in [3.05, 3.63) is 125 Å². The van der Waals surface area contributed by atoms with Crippen LogP contribution in [0.3, 0.4) is 0 Å². The highest BCUT2D eigenvalue weighted by Crippen LogP contribution is 2.18. The molecule has 0 unspecified atom stereocenters. The van der Waals surface area contributed by atoms with Gasteiger partial charge in [0.05, 0.1) is 0 Å². The van der Waals surface area contributed by atoms with Crippen LogP contribution < -0.4 is 20.7 Å². The predicted octanol–water partition coefficient (Wildman–Crippen LogP) is 5.95. The molecule has 0 saturated heterocycles. The van der Waals surface area contributed by atoms with Crippen molar-refractivity contribution in [1.82, 2.24) is 5.32 Å². The lowest BCUT2D eigenvalue weighted by Crippen LogP contribution is -2.34. The molecule has 0 bridgehead atoms. The number of nitrogens with one attached hydrogen (secondary N) is 3. The van der Waals surface area contributed by atoms with Gasteiger partial charge >= 0.3 is 0 Å². The van der Waals surface area contributed by atoms with E-state index in [1.165, 1.54) is 0 Å². The van der Waals surface area contributed by atoms with E-state index >= 15 is 0 Å². The summed E-state index contributed by atoms with van der Waals surface area (Å²) in [5, 5.41) is 8.69. The van der Waals surface area contributed by atoms with Gasteiger partial charge in [0.25, 0.3) is 11.8 Å². The number of carbonyl (C=O) groups excluding carboxylic acids is 2. The Kier molecular flexibility index (Phi) is 8.05. The van der Waals surface area contributed by atoms with E-state index in [9.17, 15) is 9.59 Å². The fraction of sp³-hybridized carbons (Fsp3) is 0.0690. The van der Waals surface area contributed by atoms with Crippen molar-refractivity contribution in [1.29, 1.82) is 0 Å². The van der Waals surface area contributed by atoms with Crippen molar-refractivity contribution in [2.75, 3.05) is 10.6 Å². The second-order valence-corrected chi connectivity index (χ2v) is 8.47. The average Bonchev–Trinajstić information content (AvgIpc) is 2.88. The molecule has 180 valence electrons. The molecule has 0 fully saturated rings. The van der Waals surface area contributed by atoms with E-state index in [2.05, 4.69) is 16.0 Å². The van der Waals surface area contributed by atoms with E-state index in [0.717, 1.165) is 11.1 Å². The van der Waals surface area contributed by atoms with Gasteiger partial charge in [-0.3, -0.25) is 14.9 Å². The van der Waals surface area contributed by atoms with Crippen LogP contribution in [0.25, 0.3) is 0 Å². The summed E-state index contributed by atoms with van der Waals surface area (Å²) < 4.78 is 5.80. The molecule has 4 aromatic rings. The summed E-state index contributed by atoms with van der Waals surface area (Å²) in [6.07, 6.45) is 0. The number of hydrogen-bond donors (Lipinski definition) is 3. The molecular weight excluding hydrogens is 470 g/mol. The number of benzene rings is 4. The Hall–Kier alpha value is -4.49. The fourth-order valence-corrected chi connectivity index (χ4v) is 3.72. The third-order valence-corrected chi connectivity index (χ3v) is 5.54. The fourth-order valence-electron chi connectivity index (χ4n) is 3.51. The third kappa shape index (κ3) is 6.77.